The largest absolute Gasteiger partial charge is 0.481 e. The molecule has 0 radical (unpaired) electrons. The Morgan fingerprint density at radius 3 is 2.42 bits per heavy atom. The van der Waals surface area contributed by atoms with Crippen molar-refractivity contribution in [2.45, 2.75) is 31.3 Å². The van der Waals surface area contributed by atoms with Crippen molar-refractivity contribution in [3.8, 4) is 0 Å². The molecule has 0 aliphatic carbocycles. The fourth-order valence-electron chi connectivity index (χ4n) is 1.91. The van der Waals surface area contributed by atoms with Gasteiger partial charge in [-0.3, -0.25) is 9.79 Å². The predicted octanol–water partition coefficient (Wildman–Crippen LogP) is -0.283. The monoisotopic (exact) mass is 340 g/mol. The Labute approximate surface area is 135 Å². The lowest BCUT2D eigenvalue weighted by Gasteiger charge is -2.21. The van der Waals surface area contributed by atoms with Gasteiger partial charge in [0.05, 0.1) is 0 Å². The highest BCUT2D eigenvalue weighted by atomic mass is 16.4. The second-order valence-electron chi connectivity index (χ2n) is 4.93. The van der Waals surface area contributed by atoms with Crippen LogP contribution in [0.4, 0.5) is 0 Å². The molecule has 0 unspecified atom stereocenters. The molecule has 1 rings (SSSR count). The van der Waals surface area contributed by atoms with Gasteiger partial charge in [0.1, 0.15) is 17.8 Å². The van der Waals surface area contributed by atoms with Gasteiger partial charge in [0, 0.05) is 19.1 Å². The van der Waals surface area contributed by atoms with E-state index in [0.717, 1.165) is 6.21 Å². The fourth-order valence-corrected chi connectivity index (χ4v) is 1.91. The number of nitrogens with zero attached hydrogens (tertiary/aromatic N) is 1. The number of aliphatic carboxylic acids is 4. The van der Waals surface area contributed by atoms with Gasteiger partial charge < -0.3 is 25.7 Å². The van der Waals surface area contributed by atoms with E-state index in [0.29, 0.717) is 5.57 Å². The zero-order valence-corrected chi connectivity index (χ0v) is 12.4. The maximum absolute atomic E-state index is 11.0. The van der Waals surface area contributed by atoms with Crippen LogP contribution in [0.15, 0.2) is 28.4 Å². The summed E-state index contributed by atoms with van der Waals surface area (Å²) < 4.78 is 0. The maximum Gasteiger partial charge on any atom is 0.351 e. The normalized spacial score (nSPS) is 20.2. The van der Waals surface area contributed by atoms with Crippen LogP contribution >= 0.6 is 0 Å². The SMILES string of the molecule is O=C(O)CC[C@H](N=C/C=C1/C=C(C(=O)O)N[C@H](C(=O)O)C1)C(=O)O. The second-order valence-corrected chi connectivity index (χ2v) is 4.93. The van der Waals surface area contributed by atoms with Gasteiger partial charge in [0.25, 0.3) is 0 Å². The summed E-state index contributed by atoms with van der Waals surface area (Å²) in [5, 5.41) is 37.8. The third-order valence-electron chi connectivity index (χ3n) is 3.10. The molecule has 0 aromatic heterocycles. The number of carboxylic acids is 4. The van der Waals surface area contributed by atoms with Crippen molar-refractivity contribution in [3.63, 3.8) is 0 Å². The van der Waals surface area contributed by atoms with E-state index in [2.05, 4.69) is 10.3 Å². The van der Waals surface area contributed by atoms with Crippen LogP contribution in [0.2, 0.25) is 0 Å². The van der Waals surface area contributed by atoms with Gasteiger partial charge in [-0.1, -0.05) is 0 Å². The van der Waals surface area contributed by atoms with Crippen LogP contribution in [0.1, 0.15) is 19.3 Å². The van der Waals surface area contributed by atoms with Gasteiger partial charge in [-0.15, -0.1) is 0 Å². The lowest BCUT2D eigenvalue weighted by atomic mass is 10.00. The molecule has 0 aromatic rings. The highest BCUT2D eigenvalue weighted by Crippen LogP contribution is 2.16. The van der Waals surface area contributed by atoms with Gasteiger partial charge >= 0.3 is 23.9 Å². The summed E-state index contributed by atoms with van der Waals surface area (Å²) in [6, 6.07) is -2.37. The second kappa shape index (κ2) is 8.46. The minimum absolute atomic E-state index is 0.00893. The van der Waals surface area contributed by atoms with E-state index in [1.165, 1.54) is 12.2 Å². The molecule has 1 aliphatic rings. The Hall–Kier alpha value is -3.17. The number of carbonyl (C=O) groups is 4. The van der Waals surface area contributed by atoms with Gasteiger partial charge in [0.15, 0.2) is 0 Å². The summed E-state index contributed by atoms with van der Waals surface area (Å²) >= 11 is 0. The van der Waals surface area contributed by atoms with Crippen LogP contribution in [0.25, 0.3) is 0 Å². The smallest absolute Gasteiger partial charge is 0.351 e. The topological polar surface area (TPSA) is 174 Å². The Morgan fingerprint density at radius 2 is 1.92 bits per heavy atom. The standard InChI is InChI=1S/C14H16N2O8/c17-11(18)2-1-8(12(19)20)15-4-3-7-5-9(13(21)22)16-10(6-7)14(23)24/h3-5,8,10,16H,1-2,6H2,(H,17,18)(H,19,20)(H,21,22)(H,23,24)/b7-3-,15-4?/t8-,10-/m0/s1. The Balaban J connectivity index is 2.90. The highest BCUT2D eigenvalue weighted by molar-refractivity contribution is 5.90. The van der Waals surface area contributed by atoms with Crippen LogP contribution in [0.3, 0.4) is 0 Å². The Bertz CT molecular complexity index is 635. The molecule has 24 heavy (non-hydrogen) atoms. The van der Waals surface area contributed by atoms with E-state index >= 15 is 0 Å². The summed E-state index contributed by atoms with van der Waals surface area (Å²) in [5.74, 6) is -4.99. The Kier molecular flexibility index (Phi) is 6.65. The third kappa shape index (κ3) is 5.91. The van der Waals surface area contributed by atoms with Crippen LogP contribution < -0.4 is 5.32 Å². The molecule has 0 saturated heterocycles. The van der Waals surface area contributed by atoms with E-state index in [1.807, 2.05) is 0 Å². The third-order valence-corrected chi connectivity index (χ3v) is 3.10. The molecule has 0 aromatic carbocycles. The molecule has 0 bridgehead atoms. The first-order valence-electron chi connectivity index (χ1n) is 6.82. The summed E-state index contributed by atoms with van der Waals surface area (Å²) in [6.45, 7) is 0. The molecule has 5 N–H and O–H groups in total. The van der Waals surface area contributed by atoms with Gasteiger partial charge in [-0.05, 0) is 24.1 Å². The number of allylic oxidation sites excluding steroid dienone is 2. The van der Waals surface area contributed by atoms with E-state index < -0.39 is 36.0 Å². The minimum atomic E-state index is -1.33. The van der Waals surface area contributed by atoms with Crippen LogP contribution in [0, 0.1) is 0 Å². The van der Waals surface area contributed by atoms with E-state index in [4.69, 9.17) is 20.4 Å². The lowest BCUT2D eigenvalue weighted by molar-refractivity contribution is -0.141. The summed E-state index contributed by atoms with van der Waals surface area (Å²) in [4.78, 5) is 47.1. The van der Waals surface area contributed by atoms with Crippen molar-refractivity contribution >= 4 is 30.1 Å². The van der Waals surface area contributed by atoms with Gasteiger partial charge in [-0.2, -0.15) is 0 Å². The Morgan fingerprint density at radius 1 is 1.25 bits per heavy atom. The molecular weight excluding hydrogens is 324 g/mol. The zero-order chi connectivity index (χ0) is 18.3. The molecule has 10 heteroatoms. The number of hydrogen-bond donors (Lipinski definition) is 5. The number of carboxylic acid groups (broad SMARTS) is 4. The van der Waals surface area contributed by atoms with E-state index in [9.17, 15) is 19.2 Å². The van der Waals surface area contributed by atoms with E-state index in [-0.39, 0.29) is 25.0 Å². The van der Waals surface area contributed by atoms with Crippen LogP contribution in [-0.2, 0) is 19.2 Å². The average Bonchev–Trinajstić information content (AvgIpc) is 2.49. The summed E-state index contributed by atoms with van der Waals surface area (Å²) in [5.41, 5.74) is 0.0404. The first kappa shape index (κ1) is 18.9. The molecule has 130 valence electrons. The van der Waals surface area contributed by atoms with Gasteiger partial charge in [0.2, 0.25) is 0 Å². The van der Waals surface area contributed by atoms with Crippen molar-refractivity contribution in [2.75, 3.05) is 0 Å². The fraction of sp³-hybridized carbons (Fsp3) is 0.357. The van der Waals surface area contributed by atoms with Crippen LogP contribution in [-0.4, -0.2) is 62.6 Å². The van der Waals surface area contributed by atoms with Crippen LogP contribution in [0.5, 0.6) is 0 Å². The quantitative estimate of drug-likeness (QED) is 0.372. The molecule has 1 heterocycles. The molecule has 0 amide bonds. The van der Waals surface area contributed by atoms with Gasteiger partial charge in [-0.25, -0.2) is 14.4 Å². The highest BCUT2D eigenvalue weighted by Gasteiger charge is 2.26. The molecule has 0 saturated carbocycles. The summed E-state index contributed by atoms with van der Waals surface area (Å²) in [6.07, 6.45) is 3.07. The number of rotatable bonds is 8. The number of nitrogens with one attached hydrogen (secondary N) is 1. The molecule has 1 aliphatic heterocycles. The van der Waals surface area contributed by atoms with E-state index in [1.54, 1.807) is 0 Å². The predicted molar refractivity (Wildman–Crippen MR) is 79.8 cm³/mol. The van der Waals surface area contributed by atoms with Crippen molar-refractivity contribution in [2.24, 2.45) is 4.99 Å². The molecule has 10 nitrogen and oxygen atoms in total. The zero-order valence-electron chi connectivity index (χ0n) is 12.4. The average molecular weight is 340 g/mol. The van der Waals surface area contributed by atoms with Crippen molar-refractivity contribution in [3.05, 3.63) is 23.4 Å². The summed E-state index contributed by atoms with van der Waals surface area (Å²) in [7, 11) is 0. The lowest BCUT2D eigenvalue weighted by Crippen LogP contribution is -2.41. The molecule has 2 atom stereocenters. The maximum atomic E-state index is 11.0. The molecular formula is C14H16N2O8. The number of aliphatic imine (C=N–C) groups is 1. The van der Waals surface area contributed by atoms with Crippen molar-refractivity contribution < 1.29 is 39.6 Å². The minimum Gasteiger partial charge on any atom is -0.481 e. The van der Waals surface area contributed by atoms with Crippen molar-refractivity contribution in [1.29, 1.82) is 0 Å². The first-order valence-corrected chi connectivity index (χ1v) is 6.82. The molecule has 0 spiro atoms. The van der Waals surface area contributed by atoms with Crippen molar-refractivity contribution in [1.82, 2.24) is 5.32 Å². The molecule has 0 fully saturated rings. The number of hydrogen-bond acceptors (Lipinski definition) is 6. The first-order chi connectivity index (χ1) is 11.2.